The number of fused-ring (bicyclic) bond motifs is 1. The zero-order valence-electron chi connectivity index (χ0n) is 17.7. The molecular weight excluding hydrogens is 414 g/mol. The number of halogens is 1. The van der Waals surface area contributed by atoms with Crippen LogP contribution < -0.4 is 0 Å². The number of piperazine rings is 2. The van der Waals surface area contributed by atoms with Crippen LogP contribution in [0.15, 0.2) is 54.6 Å². The molecule has 6 nitrogen and oxygen atoms in total. The molecule has 2 aliphatic heterocycles. The van der Waals surface area contributed by atoms with E-state index in [1.54, 1.807) is 29.2 Å². The lowest BCUT2D eigenvalue weighted by Crippen LogP contribution is -2.72. The van der Waals surface area contributed by atoms with Crippen molar-refractivity contribution in [2.75, 3.05) is 39.3 Å². The van der Waals surface area contributed by atoms with Crippen molar-refractivity contribution >= 4 is 23.4 Å². The van der Waals surface area contributed by atoms with Crippen molar-refractivity contribution in [2.45, 2.75) is 24.9 Å². The molecular formula is C24H28ClN3O3. The molecule has 2 atom stereocenters. The molecule has 0 saturated carbocycles. The molecule has 2 fully saturated rings. The molecule has 1 N–H and O–H groups in total. The summed E-state index contributed by atoms with van der Waals surface area (Å²) in [6.45, 7) is 4.76. The molecule has 2 unspecified atom stereocenters. The number of carbonyl (C=O) groups is 2. The van der Waals surface area contributed by atoms with Gasteiger partial charge in [-0.3, -0.25) is 14.5 Å². The van der Waals surface area contributed by atoms with E-state index in [2.05, 4.69) is 4.90 Å². The number of carbonyl (C=O) groups excluding carboxylic acids is 2. The summed E-state index contributed by atoms with van der Waals surface area (Å²) < 4.78 is 0. The Hall–Kier alpha value is -2.41. The van der Waals surface area contributed by atoms with Crippen LogP contribution in [-0.4, -0.2) is 82.5 Å². The van der Waals surface area contributed by atoms with E-state index < -0.39 is 5.54 Å². The first kappa shape index (κ1) is 21.8. The van der Waals surface area contributed by atoms with Gasteiger partial charge in [0.15, 0.2) is 0 Å². The van der Waals surface area contributed by atoms with Crippen LogP contribution in [0.3, 0.4) is 0 Å². The molecule has 0 aromatic heterocycles. The van der Waals surface area contributed by atoms with Gasteiger partial charge in [0, 0.05) is 49.4 Å². The van der Waals surface area contributed by atoms with Crippen LogP contribution in [0.4, 0.5) is 0 Å². The van der Waals surface area contributed by atoms with E-state index in [0.29, 0.717) is 49.7 Å². The molecule has 164 valence electrons. The third kappa shape index (κ3) is 4.61. The second-order valence-corrected chi connectivity index (χ2v) is 9.13. The van der Waals surface area contributed by atoms with Crippen LogP contribution in [0, 0.1) is 0 Å². The monoisotopic (exact) mass is 441 g/mol. The molecule has 2 aromatic rings. The van der Waals surface area contributed by atoms with Crippen molar-refractivity contribution in [1.82, 2.24) is 14.7 Å². The Balaban J connectivity index is 1.49. The molecule has 0 spiro atoms. The summed E-state index contributed by atoms with van der Waals surface area (Å²) in [5.74, 6) is 0.0152. The summed E-state index contributed by atoms with van der Waals surface area (Å²) in [6, 6.07) is 16.6. The van der Waals surface area contributed by atoms with Crippen LogP contribution >= 0.6 is 11.6 Å². The highest BCUT2D eigenvalue weighted by Crippen LogP contribution is 2.29. The summed E-state index contributed by atoms with van der Waals surface area (Å²) in [7, 11) is 0. The Morgan fingerprint density at radius 1 is 1.03 bits per heavy atom. The second-order valence-electron chi connectivity index (χ2n) is 8.70. The fourth-order valence-corrected chi connectivity index (χ4v) is 4.85. The Bertz CT molecular complexity index is 937. The summed E-state index contributed by atoms with van der Waals surface area (Å²) in [5.41, 5.74) is 1.03. The van der Waals surface area contributed by atoms with Crippen LogP contribution in [-0.2, 0) is 11.2 Å². The van der Waals surface area contributed by atoms with E-state index in [4.69, 9.17) is 11.6 Å². The number of hydrogen-bond donors (Lipinski definition) is 1. The van der Waals surface area contributed by atoms with Crippen molar-refractivity contribution in [3.8, 4) is 0 Å². The molecule has 4 rings (SSSR count). The van der Waals surface area contributed by atoms with E-state index in [9.17, 15) is 14.7 Å². The van der Waals surface area contributed by atoms with Gasteiger partial charge < -0.3 is 14.9 Å². The normalized spacial score (nSPS) is 24.0. The Kier molecular flexibility index (Phi) is 6.32. The third-order valence-electron chi connectivity index (χ3n) is 6.41. The minimum atomic E-state index is -0.542. The fourth-order valence-electron chi connectivity index (χ4n) is 4.72. The lowest BCUT2D eigenvalue weighted by Gasteiger charge is -2.56. The van der Waals surface area contributed by atoms with Crippen LogP contribution in [0.5, 0.6) is 0 Å². The molecule has 2 aliphatic rings. The molecule has 0 radical (unpaired) electrons. The largest absolute Gasteiger partial charge is 0.394 e. The maximum absolute atomic E-state index is 13.1. The molecule has 2 amide bonds. The molecule has 2 saturated heterocycles. The lowest BCUT2D eigenvalue weighted by molar-refractivity contribution is -0.139. The summed E-state index contributed by atoms with van der Waals surface area (Å²) >= 11 is 5.96. The van der Waals surface area contributed by atoms with E-state index in [0.717, 1.165) is 5.56 Å². The van der Waals surface area contributed by atoms with Crippen molar-refractivity contribution < 1.29 is 14.7 Å². The zero-order chi connectivity index (χ0) is 22.0. The van der Waals surface area contributed by atoms with Crippen LogP contribution in [0.25, 0.3) is 0 Å². The molecule has 0 aliphatic carbocycles. The number of amides is 2. The van der Waals surface area contributed by atoms with E-state index in [1.165, 1.54) is 0 Å². The zero-order valence-corrected chi connectivity index (χ0v) is 18.5. The number of rotatable bonds is 4. The molecule has 2 aromatic carbocycles. The second kappa shape index (κ2) is 8.99. The van der Waals surface area contributed by atoms with Gasteiger partial charge >= 0.3 is 0 Å². The highest BCUT2D eigenvalue weighted by atomic mass is 35.5. The van der Waals surface area contributed by atoms with E-state index >= 15 is 0 Å². The number of benzene rings is 2. The first-order chi connectivity index (χ1) is 14.9. The lowest BCUT2D eigenvalue weighted by atomic mass is 9.91. The maximum atomic E-state index is 13.1. The van der Waals surface area contributed by atoms with Gasteiger partial charge in [-0.25, -0.2) is 0 Å². The molecule has 7 heteroatoms. The van der Waals surface area contributed by atoms with Crippen molar-refractivity contribution in [1.29, 1.82) is 0 Å². The van der Waals surface area contributed by atoms with Gasteiger partial charge in [0.25, 0.3) is 5.91 Å². The van der Waals surface area contributed by atoms with Crippen molar-refractivity contribution in [3.63, 3.8) is 0 Å². The molecule has 31 heavy (non-hydrogen) atoms. The number of hydrogen-bond acceptors (Lipinski definition) is 4. The van der Waals surface area contributed by atoms with Crippen LogP contribution in [0.1, 0.15) is 22.8 Å². The average Bonchev–Trinajstić information content (AvgIpc) is 2.79. The summed E-state index contributed by atoms with van der Waals surface area (Å²) in [5, 5.41) is 10.8. The van der Waals surface area contributed by atoms with Gasteiger partial charge in [0.05, 0.1) is 18.6 Å². The first-order valence-electron chi connectivity index (χ1n) is 10.6. The fraction of sp³-hybridized carbons (Fsp3) is 0.417. The standard InChI is InChI=1S/C24H28ClN3O3/c1-24(17-29)16-27(23(31)19-7-9-20(25)10-8-19)15-21-14-26(11-12-28(21)24)22(30)13-18-5-3-2-4-6-18/h2-10,21,29H,11-17H2,1H3. The quantitative estimate of drug-likeness (QED) is 0.790. The molecule has 2 heterocycles. The maximum Gasteiger partial charge on any atom is 0.253 e. The SMILES string of the molecule is CC1(CO)CN(C(=O)c2ccc(Cl)cc2)CC2CN(C(=O)Cc3ccccc3)CCN21. The third-order valence-corrected chi connectivity index (χ3v) is 6.66. The highest BCUT2D eigenvalue weighted by molar-refractivity contribution is 6.30. The number of nitrogens with zero attached hydrogens (tertiary/aromatic N) is 3. The van der Waals surface area contributed by atoms with Gasteiger partial charge in [0.1, 0.15) is 0 Å². The minimum absolute atomic E-state index is 0.0179. The minimum Gasteiger partial charge on any atom is -0.394 e. The van der Waals surface area contributed by atoms with Crippen molar-refractivity contribution in [3.05, 3.63) is 70.7 Å². The van der Waals surface area contributed by atoms with Gasteiger partial charge in [-0.15, -0.1) is 0 Å². The Morgan fingerprint density at radius 3 is 2.39 bits per heavy atom. The average molecular weight is 442 g/mol. The Morgan fingerprint density at radius 2 is 1.71 bits per heavy atom. The van der Waals surface area contributed by atoms with Gasteiger partial charge in [-0.05, 0) is 36.8 Å². The number of aliphatic hydroxyl groups excluding tert-OH is 1. The Labute approximate surface area is 188 Å². The topological polar surface area (TPSA) is 64.1 Å². The van der Waals surface area contributed by atoms with E-state index in [1.807, 2.05) is 42.2 Å². The van der Waals surface area contributed by atoms with Crippen LogP contribution in [0.2, 0.25) is 5.02 Å². The van der Waals surface area contributed by atoms with Gasteiger partial charge in [-0.1, -0.05) is 41.9 Å². The molecule has 0 bridgehead atoms. The van der Waals surface area contributed by atoms with Gasteiger partial charge in [0.2, 0.25) is 5.91 Å². The summed E-state index contributed by atoms with van der Waals surface area (Å²) in [6.07, 6.45) is 0.373. The van der Waals surface area contributed by atoms with E-state index in [-0.39, 0.29) is 24.5 Å². The summed E-state index contributed by atoms with van der Waals surface area (Å²) in [4.78, 5) is 32.0. The smallest absolute Gasteiger partial charge is 0.253 e. The van der Waals surface area contributed by atoms with Gasteiger partial charge in [-0.2, -0.15) is 0 Å². The number of aliphatic hydroxyl groups is 1. The first-order valence-corrected chi connectivity index (χ1v) is 11.0. The highest BCUT2D eigenvalue weighted by Gasteiger charge is 2.46. The predicted octanol–water partition coefficient (Wildman–Crippen LogP) is 2.30. The van der Waals surface area contributed by atoms with Crippen molar-refractivity contribution in [2.24, 2.45) is 0 Å². The predicted molar refractivity (Wildman–Crippen MR) is 120 cm³/mol.